The first kappa shape index (κ1) is 20.0. The predicted molar refractivity (Wildman–Crippen MR) is 166 cm³/mol. The summed E-state index contributed by atoms with van der Waals surface area (Å²) in [4.78, 5) is 0. The van der Waals surface area contributed by atoms with Gasteiger partial charge in [0, 0.05) is 43.1 Å². The topological polar surface area (TPSA) is 8.82 Å². The van der Waals surface area contributed by atoms with E-state index in [-0.39, 0.29) is 0 Å². The van der Waals surface area contributed by atoms with Gasteiger partial charge in [0.1, 0.15) is 0 Å². The monoisotopic (exact) mass is 494 g/mol. The van der Waals surface area contributed by atoms with Crippen LogP contribution in [0.2, 0.25) is 0 Å². The molecule has 6 aromatic carbocycles. The second-order valence-corrected chi connectivity index (χ2v) is 11.1. The first-order valence-electron chi connectivity index (χ1n) is 13.6. The van der Waals surface area contributed by atoms with Crippen molar-refractivity contribution >= 4 is 76.2 Å². The average molecular weight is 495 g/mol. The molecule has 0 bridgehead atoms. The molecule has 2 nitrogen and oxygen atoms in total. The van der Waals surface area contributed by atoms with Crippen LogP contribution in [0.5, 0.6) is 0 Å². The number of nitrogens with zero attached hydrogens (tertiary/aromatic N) is 2. The van der Waals surface area contributed by atoms with Gasteiger partial charge in [-0.25, -0.2) is 0 Å². The lowest BCUT2D eigenvalue weighted by Crippen LogP contribution is -1.83. The van der Waals surface area contributed by atoms with Gasteiger partial charge in [0.2, 0.25) is 0 Å². The van der Waals surface area contributed by atoms with Crippen molar-refractivity contribution in [1.82, 2.24) is 8.80 Å². The third-order valence-electron chi connectivity index (χ3n) is 9.03. The second kappa shape index (κ2) is 6.67. The summed E-state index contributed by atoms with van der Waals surface area (Å²) in [5.74, 6) is 0. The minimum absolute atomic E-state index is 1.26. The van der Waals surface area contributed by atoms with Crippen LogP contribution >= 0.6 is 0 Å². The smallest absolute Gasteiger partial charge is 0.0620 e. The molecule has 4 aromatic heterocycles. The van der Waals surface area contributed by atoms with Gasteiger partial charge in [0.05, 0.1) is 33.1 Å². The Morgan fingerprint density at radius 3 is 1.38 bits per heavy atom. The van der Waals surface area contributed by atoms with E-state index in [0.717, 1.165) is 0 Å². The minimum atomic E-state index is 1.26. The number of para-hydroxylation sites is 3. The highest BCUT2D eigenvalue weighted by atomic mass is 14.9. The lowest BCUT2D eigenvalue weighted by molar-refractivity contribution is 1.36. The standard InChI is InChI=1S/C37H22N2/c1-21-12-15-33-29(18-21)26-8-5-10-28-31-20-23(14-17-35(31)39(33)37(26)28)22-13-16-34-30(19-22)27-9-4-7-25-24-6-2-3-11-32(24)38(34)36(25)27/h2-20H,1H3. The third kappa shape index (κ3) is 2.30. The lowest BCUT2D eigenvalue weighted by atomic mass is 9.99. The number of hydrogen-bond acceptors (Lipinski definition) is 0. The van der Waals surface area contributed by atoms with Crippen LogP contribution in [0, 0.1) is 6.92 Å². The van der Waals surface area contributed by atoms with Crippen molar-refractivity contribution in [3.63, 3.8) is 0 Å². The van der Waals surface area contributed by atoms with Gasteiger partial charge in [0.25, 0.3) is 0 Å². The highest BCUT2D eigenvalue weighted by Crippen LogP contribution is 2.42. The van der Waals surface area contributed by atoms with Crippen molar-refractivity contribution in [2.24, 2.45) is 0 Å². The van der Waals surface area contributed by atoms with E-state index in [9.17, 15) is 0 Å². The van der Waals surface area contributed by atoms with Crippen LogP contribution in [0.25, 0.3) is 87.3 Å². The molecule has 0 fully saturated rings. The first-order valence-corrected chi connectivity index (χ1v) is 13.6. The summed E-state index contributed by atoms with van der Waals surface area (Å²) >= 11 is 0. The molecule has 0 N–H and O–H groups in total. The number of aromatic nitrogens is 2. The molecule has 0 amide bonds. The van der Waals surface area contributed by atoms with Gasteiger partial charge in [-0.3, -0.25) is 0 Å². The van der Waals surface area contributed by atoms with Gasteiger partial charge in [-0.2, -0.15) is 0 Å². The fourth-order valence-electron chi connectivity index (χ4n) is 7.39. The van der Waals surface area contributed by atoms with E-state index in [4.69, 9.17) is 0 Å². The molecule has 4 heterocycles. The van der Waals surface area contributed by atoms with E-state index >= 15 is 0 Å². The van der Waals surface area contributed by atoms with Gasteiger partial charge in [-0.05, 0) is 60.5 Å². The minimum Gasteiger partial charge on any atom is -0.308 e. The zero-order valence-corrected chi connectivity index (χ0v) is 21.4. The fourth-order valence-corrected chi connectivity index (χ4v) is 7.39. The SMILES string of the molecule is Cc1ccc2c(c1)c1cccc3c4cc(-c5ccc6c(c5)c5cccc7c8ccccc8n6c75)ccc4n2c13. The molecule has 0 aliphatic rings. The number of hydrogen-bond donors (Lipinski definition) is 0. The second-order valence-electron chi connectivity index (χ2n) is 11.1. The molecule has 0 aliphatic heterocycles. The zero-order chi connectivity index (χ0) is 25.4. The number of benzene rings is 6. The summed E-state index contributed by atoms with van der Waals surface area (Å²) in [6, 6.07) is 43.1. The molecular formula is C37H22N2. The molecule has 0 unspecified atom stereocenters. The van der Waals surface area contributed by atoms with Crippen LogP contribution in [0.4, 0.5) is 0 Å². The maximum atomic E-state index is 2.46. The number of fused-ring (bicyclic) bond motifs is 12. The van der Waals surface area contributed by atoms with E-state index < -0.39 is 0 Å². The molecule has 39 heavy (non-hydrogen) atoms. The maximum Gasteiger partial charge on any atom is 0.0620 e. The summed E-state index contributed by atoms with van der Waals surface area (Å²) in [6.45, 7) is 2.18. The summed E-state index contributed by atoms with van der Waals surface area (Å²) in [5, 5.41) is 10.6. The van der Waals surface area contributed by atoms with Crippen molar-refractivity contribution < 1.29 is 0 Å². The van der Waals surface area contributed by atoms with Crippen LogP contribution in [0.15, 0.2) is 115 Å². The molecule has 0 radical (unpaired) electrons. The van der Waals surface area contributed by atoms with Crippen LogP contribution in [-0.2, 0) is 0 Å². The number of rotatable bonds is 1. The highest BCUT2D eigenvalue weighted by molar-refractivity contribution is 6.25. The molecule has 0 saturated heterocycles. The van der Waals surface area contributed by atoms with Crippen molar-refractivity contribution in [2.45, 2.75) is 6.92 Å². The fraction of sp³-hybridized carbons (Fsp3) is 0.0270. The molecule has 2 heteroatoms. The van der Waals surface area contributed by atoms with E-state index in [1.165, 1.54) is 92.9 Å². The van der Waals surface area contributed by atoms with Gasteiger partial charge < -0.3 is 8.80 Å². The molecule has 0 spiro atoms. The summed E-state index contributed by atoms with van der Waals surface area (Å²) < 4.78 is 4.91. The van der Waals surface area contributed by atoms with Crippen molar-refractivity contribution in [1.29, 1.82) is 0 Å². The van der Waals surface area contributed by atoms with Crippen LogP contribution in [0.3, 0.4) is 0 Å². The summed E-state index contributed by atoms with van der Waals surface area (Å²) in [5.41, 5.74) is 11.6. The molecule has 0 atom stereocenters. The Bertz CT molecular complexity index is 2610. The van der Waals surface area contributed by atoms with Crippen molar-refractivity contribution in [3.05, 3.63) is 121 Å². The van der Waals surface area contributed by atoms with E-state index in [0.29, 0.717) is 0 Å². The molecule has 0 saturated carbocycles. The maximum absolute atomic E-state index is 2.46. The van der Waals surface area contributed by atoms with Crippen molar-refractivity contribution in [3.8, 4) is 11.1 Å². The van der Waals surface area contributed by atoms with Gasteiger partial charge in [-0.1, -0.05) is 78.4 Å². The van der Waals surface area contributed by atoms with Gasteiger partial charge in [0.15, 0.2) is 0 Å². The first-order chi connectivity index (χ1) is 19.3. The average Bonchev–Trinajstić information content (AvgIpc) is 3.70. The Kier molecular flexibility index (Phi) is 3.41. The van der Waals surface area contributed by atoms with Gasteiger partial charge in [-0.15, -0.1) is 0 Å². The Morgan fingerprint density at radius 2 is 0.795 bits per heavy atom. The summed E-state index contributed by atoms with van der Waals surface area (Å²) in [7, 11) is 0. The Labute approximate surface area is 223 Å². The number of aryl methyl sites for hydroxylation is 1. The van der Waals surface area contributed by atoms with Crippen LogP contribution in [0.1, 0.15) is 5.56 Å². The van der Waals surface area contributed by atoms with E-state index in [2.05, 4.69) is 131 Å². The lowest BCUT2D eigenvalue weighted by Gasteiger charge is -2.05. The van der Waals surface area contributed by atoms with Crippen molar-refractivity contribution in [2.75, 3.05) is 0 Å². The Hall–Kier alpha value is -5.08. The van der Waals surface area contributed by atoms with Crippen LogP contribution < -0.4 is 0 Å². The molecule has 180 valence electrons. The quantitative estimate of drug-likeness (QED) is 0.215. The van der Waals surface area contributed by atoms with Gasteiger partial charge >= 0.3 is 0 Å². The van der Waals surface area contributed by atoms with E-state index in [1.54, 1.807) is 0 Å². The highest BCUT2D eigenvalue weighted by Gasteiger charge is 2.19. The van der Waals surface area contributed by atoms with Crippen LogP contribution in [-0.4, -0.2) is 8.80 Å². The third-order valence-corrected chi connectivity index (χ3v) is 9.03. The Morgan fingerprint density at radius 1 is 0.359 bits per heavy atom. The molecule has 10 aromatic rings. The normalized spacial score (nSPS) is 12.7. The molecular weight excluding hydrogens is 472 g/mol. The Balaban J connectivity index is 1.26. The largest absolute Gasteiger partial charge is 0.308 e. The van der Waals surface area contributed by atoms with E-state index in [1.807, 2.05) is 0 Å². The predicted octanol–water partition coefficient (Wildman–Crippen LogP) is 9.96. The molecule has 0 aliphatic carbocycles. The zero-order valence-electron chi connectivity index (χ0n) is 21.4. The summed E-state index contributed by atoms with van der Waals surface area (Å²) in [6.07, 6.45) is 0. The molecule has 10 rings (SSSR count).